The third-order valence-corrected chi connectivity index (χ3v) is 3.46. The number of anilines is 1. The molecule has 1 rings (SSSR count). The van der Waals surface area contributed by atoms with E-state index in [4.69, 9.17) is 17.3 Å². The van der Waals surface area contributed by atoms with Crippen LogP contribution in [0.25, 0.3) is 0 Å². The fourth-order valence-electron chi connectivity index (χ4n) is 1.46. The van der Waals surface area contributed by atoms with E-state index < -0.39 is 11.3 Å². The van der Waals surface area contributed by atoms with E-state index >= 15 is 0 Å². The Morgan fingerprint density at radius 1 is 1.55 bits per heavy atom. The highest BCUT2D eigenvalue weighted by Gasteiger charge is 2.25. The first-order valence-electron chi connectivity index (χ1n) is 6.59. The topological polar surface area (TPSA) is 90.0 Å². The monoisotopic (exact) mass is 300 g/mol. The van der Waals surface area contributed by atoms with Crippen LogP contribution in [0.1, 0.15) is 33.6 Å². The van der Waals surface area contributed by atoms with Crippen molar-refractivity contribution >= 4 is 23.2 Å². The van der Waals surface area contributed by atoms with Crippen LogP contribution in [0.3, 0.4) is 0 Å². The van der Waals surface area contributed by atoms with Crippen LogP contribution < -0.4 is 16.6 Å². The number of halogens is 1. The molecule has 1 heterocycles. The lowest BCUT2D eigenvalue weighted by atomic mass is 9.93. The number of nitrogens with zero attached hydrogens (tertiary/aromatic N) is 2. The van der Waals surface area contributed by atoms with E-state index in [9.17, 15) is 9.59 Å². The van der Waals surface area contributed by atoms with Gasteiger partial charge in [-0.25, -0.2) is 4.68 Å². The van der Waals surface area contributed by atoms with Crippen molar-refractivity contribution in [2.45, 2.75) is 40.2 Å². The van der Waals surface area contributed by atoms with Crippen LogP contribution in [-0.2, 0) is 11.3 Å². The Hall–Kier alpha value is -1.56. The van der Waals surface area contributed by atoms with Gasteiger partial charge in [0.25, 0.3) is 5.56 Å². The van der Waals surface area contributed by atoms with Crippen LogP contribution in [0.15, 0.2) is 11.0 Å². The third kappa shape index (κ3) is 3.96. The molecule has 1 aromatic heterocycles. The van der Waals surface area contributed by atoms with Gasteiger partial charge in [-0.2, -0.15) is 5.10 Å². The summed E-state index contributed by atoms with van der Waals surface area (Å²) in [5, 5.41) is 7.09. The molecular weight excluding hydrogens is 280 g/mol. The smallest absolute Gasteiger partial charge is 0.287 e. The van der Waals surface area contributed by atoms with E-state index in [2.05, 4.69) is 10.4 Å². The first kappa shape index (κ1) is 16.5. The summed E-state index contributed by atoms with van der Waals surface area (Å²) in [7, 11) is 0. The number of nitrogens with two attached hydrogens (primary N) is 1. The van der Waals surface area contributed by atoms with Crippen LogP contribution in [0, 0.1) is 5.41 Å². The highest BCUT2D eigenvalue weighted by molar-refractivity contribution is 6.32. The number of nitrogens with one attached hydrogen (secondary N) is 1. The van der Waals surface area contributed by atoms with Crippen LogP contribution in [0.5, 0.6) is 0 Å². The fraction of sp³-hybridized carbons (Fsp3) is 0.615. The summed E-state index contributed by atoms with van der Waals surface area (Å²) in [6.07, 6.45) is 3.33. The minimum atomic E-state index is -0.736. The first-order chi connectivity index (χ1) is 9.29. The van der Waals surface area contributed by atoms with Crippen LogP contribution in [-0.4, -0.2) is 22.2 Å². The Bertz CT molecular complexity index is 540. The lowest BCUT2D eigenvalue weighted by molar-refractivity contribution is -0.125. The number of carbonyl (C=O) groups is 1. The van der Waals surface area contributed by atoms with Crippen LogP contribution in [0.4, 0.5) is 5.69 Å². The van der Waals surface area contributed by atoms with Crippen LogP contribution in [0.2, 0.25) is 5.02 Å². The van der Waals surface area contributed by atoms with Gasteiger partial charge in [-0.1, -0.05) is 24.9 Å². The molecule has 0 unspecified atom stereocenters. The molecular formula is C13H21ClN4O2. The Morgan fingerprint density at radius 3 is 2.75 bits per heavy atom. The summed E-state index contributed by atoms with van der Waals surface area (Å²) >= 11 is 6.03. The zero-order valence-electron chi connectivity index (χ0n) is 12.1. The van der Waals surface area contributed by atoms with Gasteiger partial charge >= 0.3 is 0 Å². The molecule has 0 saturated carbocycles. The number of rotatable bonds is 7. The average molecular weight is 301 g/mol. The largest absolute Gasteiger partial charge is 0.381 e. The van der Waals surface area contributed by atoms with Gasteiger partial charge in [-0.3, -0.25) is 9.59 Å². The molecule has 0 radical (unpaired) electrons. The summed E-state index contributed by atoms with van der Waals surface area (Å²) < 4.78 is 1.34. The molecule has 0 atom stereocenters. The summed E-state index contributed by atoms with van der Waals surface area (Å²) in [6, 6.07) is 0. The maximum absolute atomic E-state index is 12.0. The first-order valence-corrected chi connectivity index (χ1v) is 6.96. The zero-order valence-corrected chi connectivity index (χ0v) is 12.8. The van der Waals surface area contributed by atoms with E-state index in [0.717, 1.165) is 12.8 Å². The number of unbranched alkanes of at least 4 members (excludes halogenated alkanes) is 1. The number of aromatic nitrogens is 2. The summed E-state index contributed by atoms with van der Waals surface area (Å²) in [4.78, 5) is 23.2. The molecule has 7 heteroatoms. The van der Waals surface area contributed by atoms with Crippen molar-refractivity contribution in [3.8, 4) is 0 Å². The Labute approximate surface area is 123 Å². The van der Waals surface area contributed by atoms with Crippen LogP contribution >= 0.6 is 11.6 Å². The number of primary amides is 1. The lowest BCUT2D eigenvalue weighted by Gasteiger charge is -2.21. The van der Waals surface area contributed by atoms with Gasteiger partial charge in [-0.05, 0) is 20.3 Å². The molecule has 0 spiro atoms. The van der Waals surface area contributed by atoms with Gasteiger partial charge in [0.05, 0.1) is 17.3 Å². The molecule has 20 heavy (non-hydrogen) atoms. The van der Waals surface area contributed by atoms with E-state index in [-0.39, 0.29) is 17.1 Å². The van der Waals surface area contributed by atoms with Crippen molar-refractivity contribution in [2.24, 2.45) is 11.1 Å². The molecule has 0 fully saturated rings. The predicted molar refractivity (Wildman–Crippen MR) is 79.9 cm³/mol. The van der Waals surface area contributed by atoms with Crippen molar-refractivity contribution in [1.29, 1.82) is 0 Å². The van der Waals surface area contributed by atoms with Gasteiger partial charge < -0.3 is 11.1 Å². The van der Waals surface area contributed by atoms with Crippen molar-refractivity contribution in [1.82, 2.24) is 9.78 Å². The molecule has 0 aromatic carbocycles. The van der Waals surface area contributed by atoms with Crippen molar-refractivity contribution < 1.29 is 4.79 Å². The van der Waals surface area contributed by atoms with Crippen molar-refractivity contribution in [2.75, 3.05) is 11.9 Å². The van der Waals surface area contributed by atoms with E-state index in [0.29, 0.717) is 12.2 Å². The maximum Gasteiger partial charge on any atom is 0.287 e. The number of aryl methyl sites for hydroxylation is 1. The highest BCUT2D eigenvalue weighted by Crippen LogP contribution is 2.19. The fourth-order valence-corrected chi connectivity index (χ4v) is 1.67. The number of hydrogen-bond donors (Lipinski definition) is 2. The summed E-state index contributed by atoms with van der Waals surface area (Å²) in [6.45, 7) is 6.29. The molecule has 0 aliphatic heterocycles. The molecule has 112 valence electrons. The highest BCUT2D eigenvalue weighted by atomic mass is 35.5. The number of carbonyl (C=O) groups excluding carboxylic acids is 1. The van der Waals surface area contributed by atoms with Gasteiger partial charge in [0, 0.05) is 13.1 Å². The predicted octanol–water partition coefficient (Wildman–Crippen LogP) is 1.62. The molecule has 3 N–H and O–H groups in total. The summed E-state index contributed by atoms with van der Waals surface area (Å²) in [5.41, 5.74) is 4.64. The van der Waals surface area contributed by atoms with Gasteiger partial charge in [0.15, 0.2) is 0 Å². The maximum atomic E-state index is 12.0. The Balaban J connectivity index is 2.86. The van der Waals surface area contributed by atoms with E-state index in [1.54, 1.807) is 13.8 Å². The van der Waals surface area contributed by atoms with Crippen molar-refractivity contribution in [3.63, 3.8) is 0 Å². The molecule has 1 aromatic rings. The molecule has 0 saturated heterocycles. The normalized spacial score (nSPS) is 11.4. The van der Waals surface area contributed by atoms with Gasteiger partial charge in [-0.15, -0.1) is 0 Å². The van der Waals surface area contributed by atoms with Gasteiger partial charge in [0.2, 0.25) is 5.91 Å². The number of amides is 1. The second-order valence-electron chi connectivity index (χ2n) is 5.36. The lowest BCUT2D eigenvalue weighted by Crippen LogP contribution is -2.37. The second kappa shape index (κ2) is 6.74. The standard InChI is InChI=1S/C13H21ClN4O2/c1-4-5-6-18-11(19)10(14)9(7-17-18)16-8-13(2,3)12(15)20/h7,16H,4-6,8H2,1-3H3,(H2,15,20). The quantitative estimate of drug-likeness (QED) is 0.800. The second-order valence-corrected chi connectivity index (χ2v) is 5.73. The summed E-state index contributed by atoms with van der Waals surface area (Å²) in [5.74, 6) is -0.426. The van der Waals surface area contributed by atoms with E-state index in [1.807, 2.05) is 6.92 Å². The Morgan fingerprint density at radius 2 is 2.20 bits per heavy atom. The minimum Gasteiger partial charge on any atom is -0.381 e. The molecule has 0 aliphatic rings. The SMILES string of the molecule is CCCCn1ncc(NCC(C)(C)C(N)=O)c(Cl)c1=O. The Kier molecular flexibility index (Phi) is 5.56. The third-order valence-electron chi connectivity index (χ3n) is 3.10. The molecule has 0 aliphatic carbocycles. The zero-order chi connectivity index (χ0) is 15.3. The minimum absolute atomic E-state index is 0.0800. The van der Waals surface area contributed by atoms with E-state index in [1.165, 1.54) is 10.9 Å². The molecule has 6 nitrogen and oxygen atoms in total. The average Bonchev–Trinajstić information content (AvgIpc) is 2.39. The molecule has 1 amide bonds. The number of hydrogen-bond acceptors (Lipinski definition) is 4. The van der Waals surface area contributed by atoms with Gasteiger partial charge in [0.1, 0.15) is 5.02 Å². The van der Waals surface area contributed by atoms with Crippen molar-refractivity contribution in [3.05, 3.63) is 21.6 Å². The molecule has 0 bridgehead atoms.